The minimum Gasteiger partial charge on any atom is -0.486 e. The van der Waals surface area contributed by atoms with Gasteiger partial charge in [0, 0.05) is 25.8 Å². The number of hydrogen-bond acceptors (Lipinski definition) is 4. The standard InChI is InChI=1S/C18H24N2O4/c21-18(19-14-5-8-22-9-6-14)20-7-1-2-15(20)13-3-4-16-17(12-13)24-11-10-23-16/h3-4,12,14-15H,1-2,5-11H2,(H,19,21)/t15-/m0/s1. The molecule has 6 heteroatoms. The Balaban J connectivity index is 1.47. The maximum Gasteiger partial charge on any atom is 0.318 e. The van der Waals surface area contributed by atoms with Gasteiger partial charge in [0.2, 0.25) is 0 Å². The first-order valence-corrected chi connectivity index (χ1v) is 8.86. The molecule has 4 rings (SSSR count). The van der Waals surface area contributed by atoms with Gasteiger partial charge in [-0.05, 0) is 43.4 Å². The van der Waals surface area contributed by atoms with Gasteiger partial charge in [0.05, 0.1) is 6.04 Å². The molecule has 0 bridgehead atoms. The van der Waals surface area contributed by atoms with Crippen LogP contribution in [-0.4, -0.2) is 49.9 Å². The van der Waals surface area contributed by atoms with Crippen molar-refractivity contribution in [2.75, 3.05) is 33.0 Å². The van der Waals surface area contributed by atoms with Gasteiger partial charge in [-0.2, -0.15) is 0 Å². The van der Waals surface area contributed by atoms with Gasteiger partial charge in [0.1, 0.15) is 13.2 Å². The van der Waals surface area contributed by atoms with Crippen LogP contribution in [0.1, 0.15) is 37.3 Å². The zero-order valence-electron chi connectivity index (χ0n) is 13.8. The lowest BCUT2D eigenvalue weighted by Gasteiger charge is -2.30. The maximum atomic E-state index is 12.7. The highest BCUT2D eigenvalue weighted by atomic mass is 16.6. The Bertz CT molecular complexity index is 601. The second-order valence-corrected chi connectivity index (χ2v) is 6.59. The molecule has 1 aromatic rings. The summed E-state index contributed by atoms with van der Waals surface area (Å²) in [7, 11) is 0. The van der Waals surface area contributed by atoms with Crippen molar-refractivity contribution in [2.45, 2.75) is 37.8 Å². The number of carbonyl (C=O) groups excluding carboxylic acids is 1. The molecule has 3 aliphatic heterocycles. The third-order valence-corrected chi connectivity index (χ3v) is 5.01. The molecule has 24 heavy (non-hydrogen) atoms. The van der Waals surface area contributed by atoms with Gasteiger partial charge in [0.25, 0.3) is 0 Å². The molecule has 0 saturated carbocycles. The molecule has 0 unspecified atom stereocenters. The van der Waals surface area contributed by atoms with Crippen molar-refractivity contribution in [2.24, 2.45) is 0 Å². The lowest BCUT2D eigenvalue weighted by atomic mass is 10.0. The SMILES string of the molecule is O=C(NC1CCOCC1)N1CCC[C@H]1c1ccc2c(c1)OCCO2. The molecule has 0 aliphatic carbocycles. The first kappa shape index (κ1) is 15.6. The van der Waals surface area contributed by atoms with Crippen LogP contribution in [0.4, 0.5) is 4.79 Å². The number of fused-ring (bicyclic) bond motifs is 1. The van der Waals surface area contributed by atoms with Gasteiger partial charge in [-0.25, -0.2) is 4.79 Å². The number of hydrogen-bond donors (Lipinski definition) is 1. The third-order valence-electron chi connectivity index (χ3n) is 5.01. The van der Waals surface area contributed by atoms with Crippen LogP contribution in [0, 0.1) is 0 Å². The number of benzene rings is 1. The molecule has 0 spiro atoms. The summed E-state index contributed by atoms with van der Waals surface area (Å²) in [5.41, 5.74) is 1.12. The van der Waals surface area contributed by atoms with Gasteiger partial charge in [0.15, 0.2) is 11.5 Å². The Hall–Kier alpha value is -1.95. The number of likely N-dealkylation sites (tertiary alicyclic amines) is 1. The van der Waals surface area contributed by atoms with Crippen LogP contribution in [0.5, 0.6) is 11.5 Å². The molecule has 1 atom stereocenters. The molecule has 3 heterocycles. The lowest BCUT2D eigenvalue weighted by molar-refractivity contribution is 0.0778. The Kier molecular flexibility index (Phi) is 4.47. The first-order valence-electron chi connectivity index (χ1n) is 8.86. The largest absolute Gasteiger partial charge is 0.486 e. The lowest BCUT2D eigenvalue weighted by Crippen LogP contribution is -2.46. The van der Waals surface area contributed by atoms with Crippen LogP contribution < -0.4 is 14.8 Å². The molecule has 0 radical (unpaired) electrons. The molecule has 2 fully saturated rings. The zero-order chi connectivity index (χ0) is 16.4. The molecule has 0 aromatic heterocycles. The van der Waals surface area contributed by atoms with Crippen molar-refractivity contribution in [3.8, 4) is 11.5 Å². The molecule has 2 saturated heterocycles. The van der Waals surface area contributed by atoms with E-state index >= 15 is 0 Å². The summed E-state index contributed by atoms with van der Waals surface area (Å²) in [6.45, 7) is 3.44. The van der Waals surface area contributed by atoms with Crippen molar-refractivity contribution in [3.63, 3.8) is 0 Å². The van der Waals surface area contributed by atoms with E-state index in [1.165, 1.54) is 0 Å². The van der Waals surface area contributed by atoms with Crippen LogP contribution in [0.15, 0.2) is 18.2 Å². The van der Waals surface area contributed by atoms with Crippen molar-refractivity contribution in [3.05, 3.63) is 23.8 Å². The van der Waals surface area contributed by atoms with E-state index in [9.17, 15) is 4.79 Å². The minimum absolute atomic E-state index is 0.0410. The van der Waals surface area contributed by atoms with E-state index in [0.717, 1.165) is 62.5 Å². The summed E-state index contributed by atoms with van der Waals surface area (Å²) in [5.74, 6) is 1.58. The normalized spacial score (nSPS) is 24.0. The van der Waals surface area contributed by atoms with Gasteiger partial charge in [-0.3, -0.25) is 0 Å². The Morgan fingerprint density at radius 3 is 2.67 bits per heavy atom. The summed E-state index contributed by atoms with van der Waals surface area (Å²) >= 11 is 0. The summed E-state index contributed by atoms with van der Waals surface area (Å²) in [4.78, 5) is 14.7. The number of nitrogens with one attached hydrogen (secondary N) is 1. The predicted octanol–water partition coefficient (Wildman–Crippen LogP) is 2.48. The molecular formula is C18H24N2O4. The van der Waals surface area contributed by atoms with Crippen LogP contribution >= 0.6 is 0 Å². The molecular weight excluding hydrogens is 308 g/mol. The number of carbonyl (C=O) groups is 1. The highest BCUT2D eigenvalue weighted by Crippen LogP contribution is 2.38. The van der Waals surface area contributed by atoms with E-state index in [0.29, 0.717) is 13.2 Å². The van der Waals surface area contributed by atoms with Crippen LogP contribution in [0.3, 0.4) is 0 Å². The van der Waals surface area contributed by atoms with E-state index < -0.39 is 0 Å². The maximum absolute atomic E-state index is 12.7. The molecule has 3 aliphatic rings. The number of ether oxygens (including phenoxy) is 3. The Morgan fingerprint density at radius 1 is 1.04 bits per heavy atom. The van der Waals surface area contributed by atoms with Gasteiger partial charge in [-0.1, -0.05) is 6.07 Å². The average molecular weight is 332 g/mol. The van der Waals surface area contributed by atoms with Crippen LogP contribution in [0.2, 0.25) is 0 Å². The van der Waals surface area contributed by atoms with E-state index in [-0.39, 0.29) is 18.1 Å². The molecule has 1 aromatic carbocycles. The third kappa shape index (κ3) is 3.15. The molecule has 1 N–H and O–H groups in total. The van der Waals surface area contributed by atoms with E-state index in [4.69, 9.17) is 14.2 Å². The smallest absolute Gasteiger partial charge is 0.318 e. The number of urea groups is 1. The Morgan fingerprint density at radius 2 is 1.83 bits per heavy atom. The van der Waals surface area contributed by atoms with E-state index in [1.807, 2.05) is 17.0 Å². The summed E-state index contributed by atoms with van der Waals surface area (Å²) < 4.78 is 16.6. The fraction of sp³-hybridized carbons (Fsp3) is 0.611. The molecule has 6 nitrogen and oxygen atoms in total. The number of nitrogens with zero attached hydrogens (tertiary/aromatic N) is 1. The topological polar surface area (TPSA) is 60.0 Å². The second-order valence-electron chi connectivity index (χ2n) is 6.59. The van der Waals surface area contributed by atoms with Crippen LogP contribution in [0.25, 0.3) is 0 Å². The quantitative estimate of drug-likeness (QED) is 0.904. The van der Waals surface area contributed by atoms with E-state index in [1.54, 1.807) is 0 Å². The number of amides is 2. The van der Waals surface area contributed by atoms with Crippen molar-refractivity contribution in [1.82, 2.24) is 10.2 Å². The van der Waals surface area contributed by atoms with Gasteiger partial charge < -0.3 is 24.4 Å². The van der Waals surface area contributed by atoms with Crippen LogP contribution in [-0.2, 0) is 4.74 Å². The van der Waals surface area contributed by atoms with Crippen molar-refractivity contribution >= 4 is 6.03 Å². The van der Waals surface area contributed by atoms with Gasteiger partial charge in [-0.15, -0.1) is 0 Å². The van der Waals surface area contributed by atoms with Crippen molar-refractivity contribution < 1.29 is 19.0 Å². The fourth-order valence-corrected chi connectivity index (χ4v) is 3.72. The predicted molar refractivity (Wildman–Crippen MR) is 88.5 cm³/mol. The van der Waals surface area contributed by atoms with Gasteiger partial charge >= 0.3 is 6.03 Å². The highest BCUT2D eigenvalue weighted by molar-refractivity contribution is 5.75. The average Bonchev–Trinajstić information content (AvgIpc) is 3.12. The highest BCUT2D eigenvalue weighted by Gasteiger charge is 2.32. The second kappa shape index (κ2) is 6.89. The fourth-order valence-electron chi connectivity index (χ4n) is 3.72. The van der Waals surface area contributed by atoms with Crippen molar-refractivity contribution in [1.29, 1.82) is 0 Å². The monoisotopic (exact) mass is 332 g/mol. The number of rotatable bonds is 2. The van der Waals surface area contributed by atoms with E-state index in [2.05, 4.69) is 11.4 Å². The minimum atomic E-state index is 0.0410. The summed E-state index contributed by atoms with van der Waals surface area (Å²) in [6, 6.07) is 6.42. The Labute approximate surface area is 142 Å². The molecule has 130 valence electrons. The zero-order valence-corrected chi connectivity index (χ0v) is 13.8. The molecule has 2 amide bonds. The summed E-state index contributed by atoms with van der Waals surface area (Å²) in [6.07, 6.45) is 3.81. The summed E-state index contributed by atoms with van der Waals surface area (Å²) in [5, 5.41) is 3.17. The first-order chi connectivity index (χ1) is 11.8.